The molecule has 1 aliphatic heterocycles. The molecular weight excluding hydrogens is 364 g/mol. The number of ether oxygens (including phenoxy) is 1. The molecule has 0 atom stereocenters. The van der Waals surface area contributed by atoms with Gasteiger partial charge in [-0.25, -0.2) is 0 Å². The summed E-state index contributed by atoms with van der Waals surface area (Å²) in [6, 6.07) is 7.17. The van der Waals surface area contributed by atoms with E-state index < -0.39 is 0 Å². The average molecular weight is 397 g/mol. The fraction of sp³-hybridized carbons (Fsp3) is 0.500. The summed E-state index contributed by atoms with van der Waals surface area (Å²) in [4.78, 5) is 19.5. The fourth-order valence-corrected chi connectivity index (χ4v) is 3.84. The van der Waals surface area contributed by atoms with E-state index in [1.807, 2.05) is 39.1 Å². The summed E-state index contributed by atoms with van der Waals surface area (Å²) >= 11 is 0. The van der Waals surface area contributed by atoms with E-state index in [4.69, 9.17) is 4.74 Å². The van der Waals surface area contributed by atoms with Crippen LogP contribution in [0.5, 0.6) is 5.75 Å². The number of hydrogen-bond donors (Lipinski definition) is 1. The smallest absolute Gasteiger partial charge is 0.310 e. The first-order valence-electron chi connectivity index (χ1n) is 10.4. The maximum atomic E-state index is 12.5. The molecule has 0 saturated carbocycles. The topological polar surface area (TPSA) is 62.7 Å². The van der Waals surface area contributed by atoms with Crippen LogP contribution in [0.2, 0.25) is 0 Å². The number of piperidine rings is 1. The minimum Gasteiger partial charge on any atom is -0.508 e. The predicted molar refractivity (Wildman–Crippen MR) is 116 cm³/mol. The molecule has 0 unspecified atom stereocenters. The van der Waals surface area contributed by atoms with Crippen molar-refractivity contribution in [1.82, 2.24) is 4.98 Å². The second-order valence-electron chi connectivity index (χ2n) is 9.00. The average Bonchev–Trinajstić information content (AvgIpc) is 2.64. The Kier molecular flexibility index (Phi) is 6.15. The summed E-state index contributed by atoms with van der Waals surface area (Å²) in [7, 11) is 0. The molecule has 0 bridgehead atoms. The first-order chi connectivity index (χ1) is 13.7. The van der Waals surface area contributed by atoms with Crippen LogP contribution in [0.4, 0.5) is 5.69 Å². The molecule has 0 spiro atoms. The lowest BCUT2D eigenvalue weighted by molar-refractivity contribution is -0.146. The quantitative estimate of drug-likeness (QED) is 0.730. The number of aryl methyl sites for hydroxylation is 1. The number of esters is 1. The van der Waals surface area contributed by atoms with E-state index in [1.54, 1.807) is 12.1 Å². The molecule has 1 aliphatic rings. The Morgan fingerprint density at radius 3 is 2.41 bits per heavy atom. The molecule has 1 saturated heterocycles. The van der Waals surface area contributed by atoms with Gasteiger partial charge in [0.2, 0.25) is 0 Å². The summed E-state index contributed by atoms with van der Waals surface area (Å²) in [5.74, 6) is 0.00201. The molecule has 1 aromatic heterocycles. The number of anilines is 1. The summed E-state index contributed by atoms with van der Waals surface area (Å²) in [5, 5.41) is 9.69. The fourth-order valence-electron chi connectivity index (χ4n) is 3.84. The third-order valence-corrected chi connectivity index (χ3v) is 5.66. The summed E-state index contributed by atoms with van der Waals surface area (Å²) in [6.07, 6.45) is 4.14. The minimum absolute atomic E-state index is 0.143. The Bertz CT molecular complexity index is 862. The third kappa shape index (κ3) is 5.08. The van der Waals surface area contributed by atoms with Crippen LogP contribution in [0.25, 0.3) is 11.1 Å². The highest BCUT2D eigenvalue weighted by atomic mass is 16.5. The Balaban J connectivity index is 2.07. The molecule has 3 rings (SSSR count). The number of carbonyl (C=O) groups is 1. The van der Waals surface area contributed by atoms with Gasteiger partial charge in [-0.05, 0) is 56.7 Å². The Labute approximate surface area is 173 Å². The van der Waals surface area contributed by atoms with Gasteiger partial charge in [-0.3, -0.25) is 9.78 Å². The van der Waals surface area contributed by atoms with Crippen molar-refractivity contribution in [2.75, 3.05) is 18.0 Å². The number of phenolic OH excluding ortho intramolecular Hbond substituents is 1. The van der Waals surface area contributed by atoms with E-state index >= 15 is 0 Å². The molecular formula is C24H32N2O3. The highest BCUT2D eigenvalue weighted by molar-refractivity contribution is 5.85. The zero-order valence-electron chi connectivity index (χ0n) is 18.2. The molecule has 1 fully saturated rings. The Morgan fingerprint density at radius 2 is 1.83 bits per heavy atom. The summed E-state index contributed by atoms with van der Waals surface area (Å²) < 4.78 is 5.43. The first kappa shape index (κ1) is 21.2. The summed E-state index contributed by atoms with van der Waals surface area (Å²) in [6.45, 7) is 12.2. The van der Waals surface area contributed by atoms with Crippen LogP contribution < -0.4 is 4.90 Å². The van der Waals surface area contributed by atoms with Gasteiger partial charge in [0.25, 0.3) is 0 Å². The molecule has 5 nitrogen and oxygen atoms in total. The second-order valence-corrected chi connectivity index (χ2v) is 9.00. The first-order valence-corrected chi connectivity index (χ1v) is 10.4. The third-order valence-electron chi connectivity index (χ3n) is 5.66. The van der Waals surface area contributed by atoms with Crippen molar-refractivity contribution >= 4 is 11.7 Å². The molecule has 1 aromatic carbocycles. The van der Waals surface area contributed by atoms with Gasteiger partial charge in [0, 0.05) is 36.1 Å². The maximum Gasteiger partial charge on any atom is 0.310 e. The molecule has 156 valence electrons. The van der Waals surface area contributed by atoms with E-state index in [0.29, 0.717) is 5.41 Å². The number of phenols is 1. The number of hydrogen-bond acceptors (Lipinski definition) is 5. The summed E-state index contributed by atoms with van der Waals surface area (Å²) in [5.41, 5.74) is 5.15. The normalized spacial score (nSPS) is 16.1. The van der Waals surface area contributed by atoms with Crippen molar-refractivity contribution < 1.29 is 14.6 Å². The van der Waals surface area contributed by atoms with Crippen LogP contribution in [0.15, 0.2) is 30.5 Å². The number of pyridine rings is 1. The second kappa shape index (κ2) is 8.44. The number of benzene rings is 1. The van der Waals surface area contributed by atoms with Gasteiger partial charge in [0.1, 0.15) is 5.75 Å². The van der Waals surface area contributed by atoms with E-state index in [-0.39, 0.29) is 24.2 Å². The van der Waals surface area contributed by atoms with Crippen LogP contribution in [-0.4, -0.2) is 35.3 Å². The van der Waals surface area contributed by atoms with Gasteiger partial charge in [-0.2, -0.15) is 0 Å². The van der Waals surface area contributed by atoms with Gasteiger partial charge < -0.3 is 14.7 Å². The van der Waals surface area contributed by atoms with E-state index in [1.165, 1.54) is 0 Å². The van der Waals surface area contributed by atoms with Gasteiger partial charge in [-0.1, -0.05) is 26.0 Å². The Hall–Kier alpha value is -2.56. The van der Waals surface area contributed by atoms with E-state index in [2.05, 4.69) is 23.7 Å². The van der Waals surface area contributed by atoms with Crippen molar-refractivity contribution in [2.24, 2.45) is 5.41 Å². The van der Waals surface area contributed by atoms with Crippen LogP contribution in [0.3, 0.4) is 0 Å². The zero-order valence-corrected chi connectivity index (χ0v) is 18.2. The van der Waals surface area contributed by atoms with Gasteiger partial charge in [0.15, 0.2) is 0 Å². The number of rotatable bonds is 5. The van der Waals surface area contributed by atoms with Crippen molar-refractivity contribution in [3.63, 3.8) is 0 Å². The monoisotopic (exact) mass is 396 g/mol. The molecule has 1 N–H and O–H groups in total. The maximum absolute atomic E-state index is 12.5. The van der Waals surface area contributed by atoms with Crippen LogP contribution in [0.1, 0.15) is 51.8 Å². The SMILES string of the molecule is Cc1ncc(-c2ccc(O)cc2)c(N2CCC(C)(C)CC2)c1CC(=O)OC(C)C. The predicted octanol–water partition coefficient (Wildman–Crippen LogP) is 4.88. The van der Waals surface area contributed by atoms with Crippen molar-refractivity contribution in [3.05, 3.63) is 41.7 Å². The van der Waals surface area contributed by atoms with Crippen molar-refractivity contribution in [2.45, 2.75) is 60.0 Å². The molecule has 0 amide bonds. The van der Waals surface area contributed by atoms with Crippen molar-refractivity contribution in [3.8, 4) is 16.9 Å². The highest BCUT2D eigenvalue weighted by Gasteiger charge is 2.29. The van der Waals surface area contributed by atoms with Crippen molar-refractivity contribution in [1.29, 1.82) is 0 Å². The highest BCUT2D eigenvalue weighted by Crippen LogP contribution is 2.40. The molecule has 0 radical (unpaired) electrons. The molecule has 5 heteroatoms. The van der Waals surface area contributed by atoms with Gasteiger partial charge in [0.05, 0.1) is 18.2 Å². The number of aromatic nitrogens is 1. The number of carbonyl (C=O) groups excluding carboxylic acids is 1. The largest absolute Gasteiger partial charge is 0.508 e. The lowest BCUT2D eigenvalue weighted by Crippen LogP contribution is -2.38. The minimum atomic E-state index is -0.230. The van der Waals surface area contributed by atoms with E-state index in [0.717, 1.165) is 54.0 Å². The Morgan fingerprint density at radius 1 is 1.21 bits per heavy atom. The molecule has 29 heavy (non-hydrogen) atoms. The molecule has 2 aromatic rings. The van der Waals surface area contributed by atoms with Gasteiger partial charge in [-0.15, -0.1) is 0 Å². The molecule has 0 aliphatic carbocycles. The van der Waals surface area contributed by atoms with Gasteiger partial charge >= 0.3 is 5.97 Å². The van der Waals surface area contributed by atoms with Crippen LogP contribution in [-0.2, 0) is 16.0 Å². The number of aromatic hydroxyl groups is 1. The molecule has 2 heterocycles. The lowest BCUT2D eigenvalue weighted by Gasteiger charge is -2.40. The lowest BCUT2D eigenvalue weighted by atomic mass is 9.82. The van der Waals surface area contributed by atoms with E-state index in [9.17, 15) is 9.90 Å². The standard InChI is InChI=1S/C24H32N2O3/c1-16(2)29-22(28)14-20-17(3)25-15-21(18-6-8-19(27)9-7-18)23(20)26-12-10-24(4,5)11-13-26/h6-9,15-16,27H,10-14H2,1-5H3. The van der Waals surface area contributed by atoms with Crippen LogP contribution >= 0.6 is 0 Å². The zero-order chi connectivity index (χ0) is 21.2. The van der Waals surface area contributed by atoms with Crippen LogP contribution in [0, 0.1) is 12.3 Å². The number of nitrogens with zero attached hydrogens (tertiary/aromatic N) is 2.